The lowest BCUT2D eigenvalue weighted by atomic mass is 9.86. The lowest BCUT2D eigenvalue weighted by molar-refractivity contribution is 0.102. The van der Waals surface area contributed by atoms with E-state index in [-0.39, 0.29) is 5.54 Å². The zero-order chi connectivity index (χ0) is 19.4. The first-order valence-electron chi connectivity index (χ1n) is 9.68. The second-order valence-electron chi connectivity index (χ2n) is 8.23. The molecule has 0 unspecified atom stereocenters. The number of nitrogens with two attached hydrogens (primary N) is 1. The fourth-order valence-electron chi connectivity index (χ4n) is 3.70. The van der Waals surface area contributed by atoms with E-state index >= 15 is 0 Å². The largest absolute Gasteiger partial charge is 0.495 e. The number of methoxy groups -OCH3 is 1. The third-order valence-corrected chi connectivity index (χ3v) is 5.43. The number of ether oxygens (including phenoxy) is 1. The van der Waals surface area contributed by atoms with Crippen LogP contribution in [0.3, 0.4) is 0 Å². The van der Waals surface area contributed by atoms with Gasteiger partial charge in [0.2, 0.25) is 0 Å². The second-order valence-corrected chi connectivity index (χ2v) is 8.23. The average molecular weight is 363 g/mol. The summed E-state index contributed by atoms with van der Waals surface area (Å²) in [6.07, 6.45) is 2.36. The predicted molar refractivity (Wildman–Crippen MR) is 113 cm³/mol. The molecule has 1 saturated heterocycles. The van der Waals surface area contributed by atoms with Gasteiger partial charge in [0.25, 0.3) is 0 Å². The van der Waals surface area contributed by atoms with Crippen LogP contribution in [-0.2, 0) is 0 Å². The van der Waals surface area contributed by atoms with Gasteiger partial charge < -0.3 is 10.5 Å². The minimum atomic E-state index is 0.247. The van der Waals surface area contributed by atoms with Crippen LogP contribution in [0.25, 0.3) is 0 Å². The fraction of sp³-hybridized carbons (Fsp3) is 0.417. The van der Waals surface area contributed by atoms with Gasteiger partial charge in [-0.2, -0.15) is 0 Å². The number of rotatable bonds is 2. The summed E-state index contributed by atoms with van der Waals surface area (Å²) < 4.78 is 5.38. The molecule has 0 atom stereocenters. The van der Waals surface area contributed by atoms with Crippen LogP contribution in [0.15, 0.2) is 42.5 Å². The molecule has 3 nitrogen and oxygen atoms in total. The van der Waals surface area contributed by atoms with Gasteiger partial charge in [-0.1, -0.05) is 30.0 Å². The molecule has 0 bridgehead atoms. The number of hydrogen-bond acceptors (Lipinski definition) is 3. The molecule has 142 valence electrons. The van der Waals surface area contributed by atoms with Crippen molar-refractivity contribution in [3.05, 3.63) is 59.2 Å². The standard InChI is InChI=1S/C24H30N2O/c1-24(2,3)26-15-13-18(14-16-26)20-11-12-22(25)21(17-20)10-9-19-7-5-6-8-23(19)27-4/h5-8,11-12,17-18H,13-16,25H2,1-4H3. The van der Waals surface area contributed by atoms with Crippen molar-refractivity contribution in [2.24, 2.45) is 0 Å². The number of anilines is 1. The molecule has 0 radical (unpaired) electrons. The summed E-state index contributed by atoms with van der Waals surface area (Å²) in [6, 6.07) is 14.1. The Morgan fingerprint density at radius 2 is 1.67 bits per heavy atom. The molecule has 0 amide bonds. The van der Waals surface area contributed by atoms with Gasteiger partial charge in [-0.15, -0.1) is 0 Å². The molecule has 0 aliphatic carbocycles. The maximum atomic E-state index is 6.19. The Labute approximate surface area is 163 Å². The van der Waals surface area contributed by atoms with Crippen molar-refractivity contribution in [2.45, 2.75) is 45.1 Å². The van der Waals surface area contributed by atoms with Gasteiger partial charge in [0.05, 0.1) is 12.7 Å². The molecule has 1 aliphatic rings. The molecular formula is C24H30N2O. The molecule has 1 aliphatic heterocycles. The van der Waals surface area contributed by atoms with Crippen LogP contribution >= 0.6 is 0 Å². The van der Waals surface area contributed by atoms with Crippen LogP contribution in [0, 0.1) is 11.8 Å². The van der Waals surface area contributed by atoms with Gasteiger partial charge in [0.1, 0.15) is 5.75 Å². The van der Waals surface area contributed by atoms with E-state index in [1.165, 1.54) is 18.4 Å². The van der Waals surface area contributed by atoms with E-state index in [9.17, 15) is 0 Å². The molecule has 3 rings (SSSR count). The lowest BCUT2D eigenvalue weighted by Gasteiger charge is -2.41. The number of piperidine rings is 1. The summed E-state index contributed by atoms with van der Waals surface area (Å²) >= 11 is 0. The average Bonchev–Trinajstić information content (AvgIpc) is 2.67. The highest BCUT2D eigenvalue weighted by Gasteiger charge is 2.27. The topological polar surface area (TPSA) is 38.5 Å². The Kier molecular flexibility index (Phi) is 5.77. The Hall–Kier alpha value is -2.44. The van der Waals surface area contributed by atoms with Crippen LogP contribution in [0.2, 0.25) is 0 Å². The smallest absolute Gasteiger partial charge is 0.134 e. The SMILES string of the molecule is COc1ccccc1C#Cc1cc(C2CCN(C(C)(C)C)CC2)ccc1N. The van der Waals surface area contributed by atoms with Gasteiger partial charge in [0, 0.05) is 16.8 Å². The number of hydrogen-bond donors (Lipinski definition) is 1. The second kappa shape index (κ2) is 8.06. The Morgan fingerprint density at radius 1 is 1.00 bits per heavy atom. The van der Waals surface area contributed by atoms with E-state index in [1.807, 2.05) is 30.3 Å². The van der Waals surface area contributed by atoms with Crippen molar-refractivity contribution in [3.63, 3.8) is 0 Å². The van der Waals surface area contributed by atoms with Crippen LogP contribution in [0.1, 0.15) is 56.2 Å². The van der Waals surface area contributed by atoms with Gasteiger partial charge in [-0.05, 0) is 82.4 Å². The number of likely N-dealkylation sites (tertiary alicyclic amines) is 1. The molecule has 1 heterocycles. The number of para-hydroxylation sites is 1. The Balaban J connectivity index is 1.79. The highest BCUT2D eigenvalue weighted by atomic mass is 16.5. The van der Waals surface area contributed by atoms with Gasteiger partial charge >= 0.3 is 0 Å². The Bertz CT molecular complexity index is 847. The van der Waals surface area contributed by atoms with E-state index in [0.29, 0.717) is 5.92 Å². The van der Waals surface area contributed by atoms with Crippen molar-refractivity contribution < 1.29 is 4.74 Å². The summed E-state index contributed by atoms with van der Waals surface area (Å²) in [4.78, 5) is 2.57. The molecule has 0 saturated carbocycles. The van der Waals surface area contributed by atoms with E-state index in [1.54, 1.807) is 7.11 Å². The third-order valence-electron chi connectivity index (χ3n) is 5.43. The molecular weight excluding hydrogens is 332 g/mol. The van der Waals surface area contributed by atoms with Crippen LogP contribution < -0.4 is 10.5 Å². The lowest BCUT2D eigenvalue weighted by Crippen LogP contribution is -2.45. The monoisotopic (exact) mass is 362 g/mol. The molecule has 1 fully saturated rings. The molecule has 27 heavy (non-hydrogen) atoms. The van der Waals surface area contributed by atoms with E-state index in [0.717, 1.165) is 35.7 Å². The predicted octanol–water partition coefficient (Wildman–Crippen LogP) is 4.66. The van der Waals surface area contributed by atoms with E-state index in [4.69, 9.17) is 10.5 Å². The summed E-state index contributed by atoms with van der Waals surface area (Å²) in [5.41, 5.74) is 10.3. The minimum absolute atomic E-state index is 0.247. The van der Waals surface area contributed by atoms with Crippen LogP contribution in [0.5, 0.6) is 5.75 Å². The molecule has 2 aromatic carbocycles. The first-order chi connectivity index (χ1) is 12.9. The molecule has 2 aromatic rings. The number of nitrogens with zero attached hydrogens (tertiary/aromatic N) is 1. The fourth-order valence-corrected chi connectivity index (χ4v) is 3.70. The van der Waals surface area contributed by atoms with Gasteiger partial charge in [-0.3, -0.25) is 4.90 Å². The highest BCUT2D eigenvalue weighted by Crippen LogP contribution is 2.32. The Morgan fingerprint density at radius 3 is 2.33 bits per heavy atom. The van der Waals surface area contributed by atoms with E-state index in [2.05, 4.69) is 49.6 Å². The van der Waals surface area contributed by atoms with Crippen molar-refractivity contribution in [1.29, 1.82) is 0 Å². The summed E-state index contributed by atoms with van der Waals surface area (Å²) in [6.45, 7) is 9.16. The van der Waals surface area contributed by atoms with Crippen LogP contribution in [0.4, 0.5) is 5.69 Å². The minimum Gasteiger partial charge on any atom is -0.495 e. The first-order valence-corrected chi connectivity index (χ1v) is 9.68. The molecule has 0 aromatic heterocycles. The zero-order valence-corrected chi connectivity index (χ0v) is 16.9. The maximum Gasteiger partial charge on any atom is 0.134 e. The van der Waals surface area contributed by atoms with Crippen molar-refractivity contribution >= 4 is 5.69 Å². The normalized spacial score (nSPS) is 15.9. The maximum absolute atomic E-state index is 6.19. The number of nitrogen functional groups attached to an aromatic ring is 1. The first kappa shape index (κ1) is 19.3. The molecule has 0 spiro atoms. The third kappa shape index (κ3) is 4.64. The molecule has 2 N–H and O–H groups in total. The molecule has 3 heteroatoms. The summed E-state index contributed by atoms with van der Waals surface area (Å²) in [5.74, 6) is 7.83. The van der Waals surface area contributed by atoms with Gasteiger partial charge in [-0.25, -0.2) is 0 Å². The van der Waals surface area contributed by atoms with Crippen molar-refractivity contribution in [3.8, 4) is 17.6 Å². The highest BCUT2D eigenvalue weighted by molar-refractivity contribution is 5.60. The van der Waals surface area contributed by atoms with Crippen molar-refractivity contribution in [1.82, 2.24) is 4.90 Å². The quantitative estimate of drug-likeness (QED) is 0.624. The van der Waals surface area contributed by atoms with Crippen LogP contribution in [-0.4, -0.2) is 30.6 Å². The summed E-state index contributed by atoms with van der Waals surface area (Å²) in [5, 5.41) is 0. The zero-order valence-electron chi connectivity index (χ0n) is 16.9. The summed E-state index contributed by atoms with van der Waals surface area (Å²) in [7, 11) is 1.67. The van der Waals surface area contributed by atoms with Gasteiger partial charge in [0.15, 0.2) is 0 Å². The van der Waals surface area contributed by atoms with Crippen molar-refractivity contribution in [2.75, 3.05) is 25.9 Å². The number of benzene rings is 2. The van der Waals surface area contributed by atoms with E-state index < -0.39 is 0 Å².